The molecule has 0 spiro atoms. The van der Waals surface area contributed by atoms with Crippen LogP contribution in [0.4, 0.5) is 10.1 Å². The van der Waals surface area contributed by atoms with Crippen molar-refractivity contribution in [3.05, 3.63) is 40.8 Å². The van der Waals surface area contributed by atoms with Crippen molar-refractivity contribution in [1.82, 2.24) is 0 Å². The summed E-state index contributed by atoms with van der Waals surface area (Å²) in [6.07, 6.45) is 0.853. The van der Waals surface area contributed by atoms with Gasteiger partial charge in [-0.05, 0) is 12.1 Å². The molecule has 0 aliphatic heterocycles. The summed E-state index contributed by atoms with van der Waals surface area (Å²) in [5.74, 6) is -2.37. The first kappa shape index (κ1) is 15.0. The third-order valence-corrected chi connectivity index (χ3v) is 2.38. The quantitative estimate of drug-likeness (QED) is 0.679. The fourth-order valence-corrected chi connectivity index (χ4v) is 1.35. The van der Waals surface area contributed by atoms with Gasteiger partial charge >= 0.3 is 11.9 Å². The Labute approximate surface area is 114 Å². The molecule has 5 nitrogen and oxygen atoms in total. The topological polar surface area (TPSA) is 64.6 Å². The number of nitrogens with one attached hydrogen (secondary N) is 1. The number of halogens is 2. The van der Waals surface area contributed by atoms with Gasteiger partial charge in [0.05, 0.1) is 31.0 Å². The first-order valence-corrected chi connectivity index (χ1v) is 5.46. The van der Waals surface area contributed by atoms with Gasteiger partial charge in [-0.25, -0.2) is 14.0 Å². The Morgan fingerprint density at radius 2 is 2.00 bits per heavy atom. The minimum absolute atomic E-state index is 0.0620. The number of benzene rings is 1. The molecular weight excluding hydrogens is 277 g/mol. The Morgan fingerprint density at radius 1 is 1.32 bits per heavy atom. The number of anilines is 1. The smallest absolute Gasteiger partial charge is 0.354 e. The summed E-state index contributed by atoms with van der Waals surface area (Å²) in [6.45, 7) is 0. The van der Waals surface area contributed by atoms with E-state index in [4.69, 9.17) is 11.6 Å². The Morgan fingerprint density at radius 3 is 2.58 bits per heavy atom. The lowest BCUT2D eigenvalue weighted by Crippen LogP contribution is -2.16. The number of hydrogen-bond donors (Lipinski definition) is 1. The third-order valence-electron chi connectivity index (χ3n) is 2.09. The SMILES string of the molecule is COC(=O)/C=C(/Nc1cccc(Cl)c1F)C(=O)OC. The summed E-state index contributed by atoms with van der Waals surface area (Å²) < 4.78 is 22.5. The van der Waals surface area contributed by atoms with Crippen LogP contribution in [0, 0.1) is 5.82 Å². The van der Waals surface area contributed by atoms with E-state index in [1.807, 2.05) is 0 Å². The van der Waals surface area contributed by atoms with Gasteiger partial charge in [-0.3, -0.25) is 0 Å². The summed E-state index contributed by atoms with van der Waals surface area (Å²) in [6, 6.07) is 4.19. The first-order valence-electron chi connectivity index (χ1n) is 5.08. The lowest BCUT2D eigenvalue weighted by Gasteiger charge is -2.10. The van der Waals surface area contributed by atoms with Crippen LogP contribution in [-0.4, -0.2) is 26.2 Å². The van der Waals surface area contributed by atoms with Crippen molar-refractivity contribution < 1.29 is 23.5 Å². The second-order valence-corrected chi connectivity index (χ2v) is 3.71. The van der Waals surface area contributed by atoms with Gasteiger partial charge in [0.15, 0.2) is 5.82 Å². The van der Waals surface area contributed by atoms with E-state index < -0.39 is 17.8 Å². The highest BCUT2D eigenvalue weighted by molar-refractivity contribution is 6.31. The molecule has 0 aliphatic carbocycles. The van der Waals surface area contributed by atoms with Crippen LogP contribution in [0.1, 0.15) is 0 Å². The highest BCUT2D eigenvalue weighted by atomic mass is 35.5. The molecule has 102 valence electrons. The van der Waals surface area contributed by atoms with Crippen molar-refractivity contribution in [1.29, 1.82) is 0 Å². The number of methoxy groups -OCH3 is 2. The second kappa shape index (κ2) is 6.75. The van der Waals surface area contributed by atoms with E-state index in [1.54, 1.807) is 0 Å². The van der Waals surface area contributed by atoms with Gasteiger partial charge in [-0.1, -0.05) is 17.7 Å². The normalized spacial score (nSPS) is 10.8. The average Bonchev–Trinajstić information content (AvgIpc) is 2.41. The number of carbonyl (C=O) groups is 2. The molecule has 0 unspecified atom stereocenters. The molecule has 1 N–H and O–H groups in total. The molecule has 1 aromatic rings. The minimum Gasteiger partial charge on any atom is -0.466 e. The fraction of sp³-hybridized carbons (Fsp3) is 0.167. The lowest BCUT2D eigenvalue weighted by molar-refractivity contribution is -0.138. The van der Waals surface area contributed by atoms with E-state index in [-0.39, 0.29) is 16.4 Å². The maximum atomic E-state index is 13.7. The first-order chi connectivity index (χ1) is 8.99. The van der Waals surface area contributed by atoms with Crippen molar-refractivity contribution in [2.75, 3.05) is 19.5 Å². The van der Waals surface area contributed by atoms with E-state index in [9.17, 15) is 14.0 Å². The van der Waals surface area contributed by atoms with Crippen molar-refractivity contribution in [3.8, 4) is 0 Å². The molecule has 19 heavy (non-hydrogen) atoms. The third kappa shape index (κ3) is 3.96. The maximum Gasteiger partial charge on any atom is 0.354 e. The van der Waals surface area contributed by atoms with Crippen LogP contribution in [0.15, 0.2) is 30.0 Å². The van der Waals surface area contributed by atoms with E-state index in [2.05, 4.69) is 14.8 Å². The van der Waals surface area contributed by atoms with Crippen LogP contribution in [0.25, 0.3) is 0 Å². The minimum atomic E-state index is -0.843. The zero-order chi connectivity index (χ0) is 14.4. The molecule has 0 atom stereocenters. The van der Waals surface area contributed by atoms with Gasteiger partial charge in [0.2, 0.25) is 0 Å². The van der Waals surface area contributed by atoms with Gasteiger partial charge in [-0.2, -0.15) is 0 Å². The molecular formula is C12H11ClFNO4. The highest BCUT2D eigenvalue weighted by Crippen LogP contribution is 2.23. The maximum absolute atomic E-state index is 13.7. The molecule has 0 aromatic heterocycles. The molecule has 0 bridgehead atoms. The number of carbonyl (C=O) groups excluding carboxylic acids is 2. The van der Waals surface area contributed by atoms with Gasteiger partial charge in [0, 0.05) is 0 Å². The molecule has 0 heterocycles. The molecule has 1 aromatic carbocycles. The summed E-state index contributed by atoms with van der Waals surface area (Å²) >= 11 is 5.60. The number of ether oxygens (including phenoxy) is 2. The Balaban J connectivity index is 3.08. The summed E-state index contributed by atoms with van der Waals surface area (Å²) in [5, 5.41) is 2.31. The van der Waals surface area contributed by atoms with Crippen LogP contribution < -0.4 is 5.32 Å². The van der Waals surface area contributed by atoms with Crippen LogP contribution in [0.3, 0.4) is 0 Å². The van der Waals surface area contributed by atoms with Crippen molar-refractivity contribution in [3.63, 3.8) is 0 Å². The highest BCUT2D eigenvalue weighted by Gasteiger charge is 2.15. The van der Waals surface area contributed by atoms with Gasteiger partial charge in [-0.15, -0.1) is 0 Å². The van der Waals surface area contributed by atoms with E-state index >= 15 is 0 Å². The number of hydrogen-bond acceptors (Lipinski definition) is 5. The van der Waals surface area contributed by atoms with Gasteiger partial charge < -0.3 is 14.8 Å². The van der Waals surface area contributed by atoms with Crippen LogP contribution in [0.2, 0.25) is 5.02 Å². The van der Waals surface area contributed by atoms with Gasteiger partial charge in [0.1, 0.15) is 5.70 Å². The summed E-state index contributed by atoms with van der Waals surface area (Å²) in [7, 11) is 2.27. The Bertz CT molecular complexity index is 530. The largest absolute Gasteiger partial charge is 0.466 e. The molecule has 1 rings (SSSR count). The molecule has 0 radical (unpaired) electrons. The Hall–Kier alpha value is -2.08. The molecule has 0 fully saturated rings. The number of rotatable bonds is 4. The lowest BCUT2D eigenvalue weighted by atomic mass is 10.3. The standard InChI is InChI=1S/C12H11ClFNO4/c1-18-10(16)6-9(12(17)19-2)15-8-5-3-4-7(13)11(8)14/h3-6,15H,1-2H3/b9-6+. The molecule has 7 heteroatoms. The predicted molar refractivity (Wildman–Crippen MR) is 67.1 cm³/mol. The van der Waals surface area contributed by atoms with Crippen LogP contribution >= 0.6 is 11.6 Å². The van der Waals surface area contributed by atoms with Crippen molar-refractivity contribution in [2.45, 2.75) is 0 Å². The van der Waals surface area contributed by atoms with E-state index in [0.29, 0.717) is 0 Å². The summed E-state index contributed by atoms with van der Waals surface area (Å²) in [4.78, 5) is 22.6. The molecule has 0 saturated carbocycles. The zero-order valence-corrected chi connectivity index (χ0v) is 11.0. The van der Waals surface area contributed by atoms with Crippen LogP contribution in [0.5, 0.6) is 0 Å². The van der Waals surface area contributed by atoms with Crippen molar-refractivity contribution >= 4 is 29.2 Å². The predicted octanol–water partition coefficient (Wildman–Crippen LogP) is 2.12. The summed E-state index contributed by atoms with van der Waals surface area (Å²) in [5.41, 5.74) is -0.330. The average molecular weight is 288 g/mol. The van der Waals surface area contributed by atoms with Crippen LogP contribution in [-0.2, 0) is 19.1 Å². The Kier molecular flexibility index (Phi) is 5.32. The zero-order valence-electron chi connectivity index (χ0n) is 10.2. The van der Waals surface area contributed by atoms with Gasteiger partial charge in [0.25, 0.3) is 0 Å². The molecule has 0 amide bonds. The monoisotopic (exact) mass is 287 g/mol. The molecule has 0 saturated heterocycles. The van der Waals surface area contributed by atoms with E-state index in [1.165, 1.54) is 18.2 Å². The number of esters is 2. The second-order valence-electron chi connectivity index (χ2n) is 3.30. The van der Waals surface area contributed by atoms with E-state index in [0.717, 1.165) is 20.3 Å². The molecule has 0 aliphatic rings. The van der Waals surface area contributed by atoms with Crippen molar-refractivity contribution in [2.24, 2.45) is 0 Å². The fourth-order valence-electron chi connectivity index (χ4n) is 1.18.